The molecule has 1 fully saturated rings. The Morgan fingerprint density at radius 3 is 2.55 bits per heavy atom. The third kappa shape index (κ3) is 5.02. The lowest BCUT2D eigenvalue weighted by atomic mass is 10.2. The molecule has 1 saturated heterocycles. The molecule has 0 saturated carbocycles. The molecule has 20 heavy (non-hydrogen) atoms. The quantitative estimate of drug-likeness (QED) is 0.530. The highest BCUT2D eigenvalue weighted by Crippen LogP contribution is 2.31. The number of carbonyl (C=O) groups excluding carboxylic acids is 1. The van der Waals surface area contributed by atoms with E-state index in [-0.39, 0.29) is 10.7 Å². The summed E-state index contributed by atoms with van der Waals surface area (Å²) in [6.07, 6.45) is 1.68. The van der Waals surface area contributed by atoms with Crippen molar-refractivity contribution in [2.24, 2.45) is 10.2 Å². The van der Waals surface area contributed by atoms with E-state index >= 15 is 0 Å². The van der Waals surface area contributed by atoms with Crippen LogP contribution < -0.4 is 5.32 Å². The minimum absolute atomic E-state index is 0.0208. The maximum atomic E-state index is 11.0. The van der Waals surface area contributed by atoms with E-state index in [2.05, 4.69) is 48.4 Å². The van der Waals surface area contributed by atoms with Gasteiger partial charge >= 0.3 is 0 Å². The summed E-state index contributed by atoms with van der Waals surface area (Å²) in [6.45, 7) is 6.57. The highest BCUT2D eigenvalue weighted by molar-refractivity contribution is 8.15. The van der Waals surface area contributed by atoms with Crippen LogP contribution in [0.1, 0.15) is 26.3 Å². The van der Waals surface area contributed by atoms with Gasteiger partial charge in [0.25, 0.3) is 0 Å². The van der Waals surface area contributed by atoms with Crippen molar-refractivity contribution in [2.45, 2.75) is 30.4 Å². The zero-order chi connectivity index (χ0) is 14.6. The lowest BCUT2D eigenvalue weighted by Gasteiger charge is -2.17. The van der Waals surface area contributed by atoms with Gasteiger partial charge in [0.05, 0.1) is 12.0 Å². The van der Waals surface area contributed by atoms with Crippen molar-refractivity contribution in [1.82, 2.24) is 5.32 Å². The summed E-state index contributed by atoms with van der Waals surface area (Å²) in [4.78, 5) is 12.2. The molecule has 0 spiro atoms. The van der Waals surface area contributed by atoms with Gasteiger partial charge in [-0.2, -0.15) is 5.10 Å². The lowest BCUT2D eigenvalue weighted by Crippen LogP contribution is -2.19. The standard InChI is InChI=1S/C14H17N3OS2/c1-14(2,3)20-11-6-4-10(5-7-11)8-15-17-13-16-12(18)9-19-13/h4-8H,9H2,1-3H3,(H,16,17,18). The summed E-state index contributed by atoms with van der Waals surface area (Å²) in [5, 5.41) is 11.1. The van der Waals surface area contributed by atoms with Crippen LogP contribution in [0.5, 0.6) is 0 Å². The summed E-state index contributed by atoms with van der Waals surface area (Å²) in [6, 6.07) is 8.18. The highest BCUT2D eigenvalue weighted by Gasteiger charge is 2.15. The van der Waals surface area contributed by atoms with Gasteiger partial charge in [0.2, 0.25) is 5.91 Å². The molecule has 6 heteroatoms. The molecule has 1 N–H and O–H groups in total. The molecule has 4 nitrogen and oxygen atoms in total. The SMILES string of the molecule is CC(C)(C)Sc1ccc(C=NN=C2NC(=O)CS2)cc1. The van der Waals surface area contributed by atoms with E-state index in [1.807, 2.05) is 23.9 Å². The first kappa shape index (κ1) is 15.1. The van der Waals surface area contributed by atoms with Crippen LogP contribution in [0.15, 0.2) is 39.4 Å². The van der Waals surface area contributed by atoms with E-state index < -0.39 is 0 Å². The van der Waals surface area contributed by atoms with Crippen LogP contribution in [-0.2, 0) is 4.79 Å². The second-order valence-electron chi connectivity index (χ2n) is 5.27. The Balaban J connectivity index is 1.95. The highest BCUT2D eigenvalue weighted by atomic mass is 32.2. The first-order valence-electron chi connectivity index (χ1n) is 6.25. The number of amides is 1. The molecule has 0 atom stereocenters. The smallest absolute Gasteiger partial charge is 0.236 e. The van der Waals surface area contributed by atoms with Gasteiger partial charge in [-0.3, -0.25) is 4.79 Å². The molecule has 2 rings (SSSR count). The van der Waals surface area contributed by atoms with Crippen molar-refractivity contribution < 1.29 is 4.79 Å². The van der Waals surface area contributed by atoms with Crippen molar-refractivity contribution in [1.29, 1.82) is 0 Å². The fourth-order valence-corrected chi connectivity index (χ4v) is 3.11. The molecule has 0 unspecified atom stereocenters. The van der Waals surface area contributed by atoms with Crippen LogP contribution in [0.2, 0.25) is 0 Å². The molecule has 1 aromatic rings. The van der Waals surface area contributed by atoms with Gasteiger partial charge in [-0.1, -0.05) is 44.7 Å². The number of thioether (sulfide) groups is 2. The van der Waals surface area contributed by atoms with Gasteiger partial charge < -0.3 is 5.32 Å². The maximum absolute atomic E-state index is 11.0. The molecule has 1 aromatic carbocycles. The van der Waals surface area contributed by atoms with Gasteiger partial charge in [-0.25, -0.2) is 0 Å². The number of carbonyl (C=O) groups is 1. The van der Waals surface area contributed by atoms with Crippen LogP contribution >= 0.6 is 23.5 Å². The van der Waals surface area contributed by atoms with Gasteiger partial charge in [-0.05, 0) is 17.7 Å². The van der Waals surface area contributed by atoms with Gasteiger partial charge in [0.15, 0.2) is 5.17 Å². The summed E-state index contributed by atoms with van der Waals surface area (Å²) < 4.78 is 0.208. The molecule has 1 aliphatic rings. The molecular weight excluding hydrogens is 290 g/mol. The molecule has 0 aliphatic carbocycles. The third-order valence-corrected chi connectivity index (χ3v) is 4.23. The average Bonchev–Trinajstić information content (AvgIpc) is 2.75. The van der Waals surface area contributed by atoms with E-state index in [9.17, 15) is 4.79 Å². The van der Waals surface area contributed by atoms with Gasteiger partial charge in [0, 0.05) is 9.64 Å². The van der Waals surface area contributed by atoms with E-state index in [1.165, 1.54) is 16.7 Å². The van der Waals surface area contributed by atoms with E-state index in [0.717, 1.165) is 5.56 Å². The first-order valence-corrected chi connectivity index (χ1v) is 8.05. The van der Waals surface area contributed by atoms with Crippen LogP contribution in [0, 0.1) is 0 Å². The van der Waals surface area contributed by atoms with Gasteiger partial charge in [0.1, 0.15) is 0 Å². The third-order valence-electron chi connectivity index (χ3n) is 2.25. The first-order chi connectivity index (χ1) is 9.42. The van der Waals surface area contributed by atoms with Crippen LogP contribution in [0.4, 0.5) is 0 Å². The Morgan fingerprint density at radius 2 is 2.00 bits per heavy atom. The molecule has 1 amide bonds. The van der Waals surface area contributed by atoms with Crippen molar-refractivity contribution >= 4 is 40.8 Å². The summed E-state index contributed by atoms with van der Waals surface area (Å²) in [5.41, 5.74) is 0.988. The minimum atomic E-state index is -0.0208. The average molecular weight is 307 g/mol. The number of rotatable bonds is 3. The Kier molecular flexibility index (Phi) is 4.88. The van der Waals surface area contributed by atoms with Crippen LogP contribution in [-0.4, -0.2) is 27.8 Å². The van der Waals surface area contributed by atoms with E-state index in [4.69, 9.17) is 0 Å². The Morgan fingerprint density at radius 1 is 1.30 bits per heavy atom. The maximum Gasteiger partial charge on any atom is 0.236 e. The molecule has 0 aromatic heterocycles. The number of hydrogen-bond donors (Lipinski definition) is 1. The van der Waals surface area contributed by atoms with Crippen molar-refractivity contribution in [2.75, 3.05) is 5.75 Å². The van der Waals surface area contributed by atoms with Gasteiger partial charge in [-0.15, -0.1) is 16.9 Å². The number of nitrogens with one attached hydrogen (secondary N) is 1. The molecule has 0 bridgehead atoms. The van der Waals surface area contributed by atoms with Crippen molar-refractivity contribution in [3.63, 3.8) is 0 Å². The summed E-state index contributed by atoms with van der Waals surface area (Å²) >= 11 is 3.20. The minimum Gasteiger partial charge on any atom is -0.303 e. The second-order valence-corrected chi connectivity index (χ2v) is 8.13. The fraction of sp³-hybridized carbons (Fsp3) is 0.357. The van der Waals surface area contributed by atoms with Crippen molar-refractivity contribution in [3.05, 3.63) is 29.8 Å². The predicted octanol–water partition coefficient (Wildman–Crippen LogP) is 3.13. The van der Waals surface area contributed by atoms with Crippen molar-refractivity contribution in [3.8, 4) is 0 Å². The number of amidine groups is 1. The van der Waals surface area contributed by atoms with E-state index in [0.29, 0.717) is 10.9 Å². The topological polar surface area (TPSA) is 53.8 Å². The molecule has 106 valence electrons. The second kappa shape index (κ2) is 6.45. The Labute approximate surface area is 127 Å². The zero-order valence-corrected chi connectivity index (χ0v) is 13.3. The number of hydrogen-bond acceptors (Lipinski definition) is 5. The predicted molar refractivity (Wildman–Crippen MR) is 87.7 cm³/mol. The summed E-state index contributed by atoms with van der Waals surface area (Å²) in [5.74, 6) is 0.403. The number of benzene rings is 1. The Bertz CT molecular complexity index is 545. The monoisotopic (exact) mass is 307 g/mol. The normalized spacial score (nSPS) is 17.9. The molecular formula is C14H17N3OS2. The van der Waals surface area contributed by atoms with Crippen LogP contribution in [0.25, 0.3) is 0 Å². The fourth-order valence-electron chi connectivity index (χ4n) is 1.50. The zero-order valence-electron chi connectivity index (χ0n) is 11.7. The summed E-state index contributed by atoms with van der Waals surface area (Å²) in [7, 11) is 0. The van der Waals surface area contributed by atoms with E-state index in [1.54, 1.807) is 6.21 Å². The van der Waals surface area contributed by atoms with Crippen LogP contribution in [0.3, 0.4) is 0 Å². The lowest BCUT2D eigenvalue weighted by molar-refractivity contribution is -0.116. The Hall–Kier alpha value is -1.27. The molecule has 1 aliphatic heterocycles. The molecule has 0 radical (unpaired) electrons. The molecule has 1 heterocycles. The largest absolute Gasteiger partial charge is 0.303 e. The number of nitrogens with zero attached hydrogens (tertiary/aromatic N) is 2.